The SMILES string of the molecule is NS(=O)(=O)c1ccc(NCc2ccc(C(F)(F)F)cc2)cc1C1CC1. The Morgan fingerprint density at radius 3 is 2.24 bits per heavy atom. The molecule has 1 aliphatic rings. The molecule has 134 valence electrons. The van der Waals surface area contributed by atoms with Crippen LogP contribution in [0.1, 0.15) is 35.4 Å². The first-order valence-electron chi connectivity index (χ1n) is 7.71. The highest BCUT2D eigenvalue weighted by atomic mass is 32.2. The number of primary sulfonamides is 1. The van der Waals surface area contributed by atoms with Crippen molar-refractivity contribution >= 4 is 15.7 Å². The molecule has 0 heterocycles. The highest BCUT2D eigenvalue weighted by molar-refractivity contribution is 7.89. The Morgan fingerprint density at radius 2 is 1.72 bits per heavy atom. The molecule has 4 nitrogen and oxygen atoms in total. The number of hydrogen-bond acceptors (Lipinski definition) is 3. The van der Waals surface area contributed by atoms with Crippen molar-refractivity contribution in [2.45, 2.75) is 36.4 Å². The van der Waals surface area contributed by atoms with E-state index in [1.807, 2.05) is 0 Å². The van der Waals surface area contributed by atoms with E-state index in [1.165, 1.54) is 18.2 Å². The predicted octanol–water partition coefficient (Wildman–Crippen LogP) is 3.84. The van der Waals surface area contributed by atoms with Crippen LogP contribution in [0.25, 0.3) is 0 Å². The van der Waals surface area contributed by atoms with Crippen molar-refractivity contribution in [2.75, 3.05) is 5.32 Å². The first kappa shape index (κ1) is 17.8. The van der Waals surface area contributed by atoms with E-state index in [2.05, 4.69) is 5.32 Å². The maximum Gasteiger partial charge on any atom is 0.416 e. The first-order valence-corrected chi connectivity index (χ1v) is 9.26. The lowest BCUT2D eigenvalue weighted by Crippen LogP contribution is -2.14. The van der Waals surface area contributed by atoms with Gasteiger partial charge >= 0.3 is 6.18 Å². The lowest BCUT2D eigenvalue weighted by Gasteiger charge is -2.12. The summed E-state index contributed by atoms with van der Waals surface area (Å²) in [5.41, 5.74) is 1.40. The van der Waals surface area contributed by atoms with Gasteiger partial charge in [0.15, 0.2) is 0 Å². The third kappa shape index (κ3) is 4.32. The molecule has 0 amide bonds. The van der Waals surface area contributed by atoms with Crippen LogP contribution in [0.5, 0.6) is 0 Å². The summed E-state index contributed by atoms with van der Waals surface area (Å²) in [6, 6.07) is 9.73. The summed E-state index contributed by atoms with van der Waals surface area (Å²) in [7, 11) is -3.78. The normalized spacial score (nSPS) is 15.2. The average Bonchev–Trinajstić information content (AvgIpc) is 3.36. The summed E-state index contributed by atoms with van der Waals surface area (Å²) >= 11 is 0. The van der Waals surface area contributed by atoms with Crippen LogP contribution in [0.15, 0.2) is 47.4 Å². The van der Waals surface area contributed by atoms with Gasteiger partial charge in [-0.2, -0.15) is 13.2 Å². The van der Waals surface area contributed by atoms with Crippen molar-refractivity contribution in [3.8, 4) is 0 Å². The van der Waals surface area contributed by atoms with Crippen molar-refractivity contribution < 1.29 is 21.6 Å². The van der Waals surface area contributed by atoms with Crippen LogP contribution in [-0.2, 0) is 22.7 Å². The number of nitrogens with one attached hydrogen (secondary N) is 1. The molecule has 0 saturated heterocycles. The Labute approximate surface area is 143 Å². The van der Waals surface area contributed by atoms with E-state index in [-0.39, 0.29) is 10.8 Å². The quantitative estimate of drug-likeness (QED) is 0.840. The highest BCUT2D eigenvalue weighted by Crippen LogP contribution is 2.43. The smallest absolute Gasteiger partial charge is 0.381 e. The van der Waals surface area contributed by atoms with Gasteiger partial charge in [0.05, 0.1) is 10.5 Å². The molecule has 0 spiro atoms. The molecule has 0 radical (unpaired) electrons. The minimum atomic E-state index is -4.35. The third-order valence-electron chi connectivity index (χ3n) is 4.11. The van der Waals surface area contributed by atoms with Crippen LogP contribution in [0, 0.1) is 0 Å². The summed E-state index contributed by atoms with van der Waals surface area (Å²) in [5.74, 6) is 0.196. The highest BCUT2D eigenvalue weighted by Gasteiger charge is 2.30. The van der Waals surface area contributed by atoms with Gasteiger partial charge in [0.1, 0.15) is 0 Å². The predicted molar refractivity (Wildman–Crippen MR) is 88.6 cm³/mol. The van der Waals surface area contributed by atoms with E-state index < -0.39 is 21.8 Å². The number of nitrogens with two attached hydrogens (primary N) is 1. The monoisotopic (exact) mass is 370 g/mol. The van der Waals surface area contributed by atoms with Crippen molar-refractivity contribution in [3.63, 3.8) is 0 Å². The maximum atomic E-state index is 12.6. The molecule has 2 aromatic rings. The van der Waals surface area contributed by atoms with Crippen molar-refractivity contribution in [1.82, 2.24) is 0 Å². The summed E-state index contributed by atoms with van der Waals surface area (Å²) in [6.45, 7) is 0.330. The summed E-state index contributed by atoms with van der Waals surface area (Å²) in [5, 5.41) is 8.35. The second kappa shape index (κ2) is 6.34. The summed E-state index contributed by atoms with van der Waals surface area (Å²) in [6.07, 6.45) is -2.51. The molecule has 1 fully saturated rings. The van der Waals surface area contributed by atoms with Crippen molar-refractivity contribution in [3.05, 3.63) is 59.2 Å². The van der Waals surface area contributed by atoms with Crippen molar-refractivity contribution in [2.24, 2.45) is 5.14 Å². The number of rotatable bonds is 5. The maximum absolute atomic E-state index is 12.6. The fourth-order valence-corrected chi connectivity index (χ4v) is 3.46. The second-order valence-corrected chi connectivity index (χ2v) is 7.65. The fraction of sp³-hybridized carbons (Fsp3) is 0.294. The largest absolute Gasteiger partial charge is 0.416 e. The molecule has 2 aromatic carbocycles. The molecule has 3 rings (SSSR count). The standard InChI is InChI=1S/C17H17F3N2O2S/c18-17(19,20)13-5-1-11(2-6-13)10-22-14-7-8-16(25(21,23)24)15(9-14)12-3-4-12/h1-2,5-9,12,22H,3-4,10H2,(H2,21,23,24). The Morgan fingerprint density at radius 1 is 1.08 bits per heavy atom. The summed E-state index contributed by atoms with van der Waals surface area (Å²) in [4.78, 5) is 0.134. The Balaban J connectivity index is 1.74. The summed E-state index contributed by atoms with van der Waals surface area (Å²) < 4.78 is 61.0. The van der Waals surface area contributed by atoms with Gasteiger partial charge in [0.25, 0.3) is 0 Å². The van der Waals surface area contributed by atoms with Gasteiger partial charge in [-0.25, -0.2) is 13.6 Å². The van der Waals surface area contributed by atoms with E-state index >= 15 is 0 Å². The molecule has 3 N–H and O–H groups in total. The van der Waals surface area contributed by atoms with Gasteiger partial charge in [0, 0.05) is 12.2 Å². The third-order valence-corrected chi connectivity index (χ3v) is 5.10. The van der Waals surface area contributed by atoms with Gasteiger partial charge in [-0.05, 0) is 60.2 Å². The number of anilines is 1. The van der Waals surface area contributed by atoms with Crippen LogP contribution in [0.3, 0.4) is 0 Å². The second-order valence-electron chi connectivity index (χ2n) is 6.12. The van der Waals surface area contributed by atoms with Gasteiger partial charge < -0.3 is 5.32 Å². The van der Waals surface area contributed by atoms with Crippen LogP contribution >= 0.6 is 0 Å². The Bertz CT molecular complexity index is 874. The Kier molecular flexibility index (Phi) is 4.51. The molecule has 0 bridgehead atoms. The fourth-order valence-electron chi connectivity index (χ4n) is 2.65. The molecule has 0 unspecified atom stereocenters. The lowest BCUT2D eigenvalue weighted by atomic mass is 10.1. The van der Waals surface area contributed by atoms with Crippen LogP contribution in [0.4, 0.5) is 18.9 Å². The average molecular weight is 370 g/mol. The minimum absolute atomic E-state index is 0.134. The molecule has 8 heteroatoms. The number of halogens is 3. The van der Waals surface area contributed by atoms with Crippen LogP contribution in [-0.4, -0.2) is 8.42 Å². The van der Waals surface area contributed by atoms with Crippen LogP contribution in [0.2, 0.25) is 0 Å². The number of alkyl halides is 3. The van der Waals surface area contributed by atoms with E-state index in [1.54, 1.807) is 12.1 Å². The van der Waals surface area contributed by atoms with Crippen molar-refractivity contribution in [1.29, 1.82) is 0 Å². The van der Waals surface area contributed by atoms with Gasteiger partial charge in [-0.1, -0.05) is 12.1 Å². The molecule has 0 atom stereocenters. The topological polar surface area (TPSA) is 72.2 Å². The zero-order chi connectivity index (χ0) is 18.2. The van der Waals surface area contributed by atoms with Gasteiger partial charge in [-0.15, -0.1) is 0 Å². The van der Waals surface area contributed by atoms with Crippen LogP contribution < -0.4 is 10.5 Å². The molecule has 1 aliphatic carbocycles. The zero-order valence-corrected chi connectivity index (χ0v) is 14.0. The lowest BCUT2D eigenvalue weighted by molar-refractivity contribution is -0.137. The van der Waals surface area contributed by atoms with E-state index in [9.17, 15) is 21.6 Å². The molecular formula is C17H17F3N2O2S. The number of sulfonamides is 1. The minimum Gasteiger partial charge on any atom is -0.381 e. The molecular weight excluding hydrogens is 353 g/mol. The first-order chi connectivity index (χ1) is 11.6. The Hall–Kier alpha value is -2.06. The van der Waals surface area contributed by atoms with E-state index in [4.69, 9.17) is 5.14 Å². The molecule has 25 heavy (non-hydrogen) atoms. The van der Waals surface area contributed by atoms with Gasteiger partial charge in [-0.3, -0.25) is 0 Å². The molecule has 1 saturated carbocycles. The number of benzene rings is 2. The van der Waals surface area contributed by atoms with E-state index in [0.29, 0.717) is 23.4 Å². The molecule has 0 aliphatic heterocycles. The zero-order valence-electron chi connectivity index (χ0n) is 13.2. The number of hydrogen-bond donors (Lipinski definition) is 2. The van der Waals surface area contributed by atoms with E-state index in [0.717, 1.165) is 25.0 Å². The molecule has 0 aromatic heterocycles. The van der Waals surface area contributed by atoms with Gasteiger partial charge in [0.2, 0.25) is 10.0 Å².